The number of nitrogens with one attached hydrogen (secondary N) is 1. The molecule has 0 spiro atoms. The highest BCUT2D eigenvalue weighted by atomic mass is 19.4. The van der Waals surface area contributed by atoms with Crippen LogP contribution in [0.1, 0.15) is 24.0 Å². The van der Waals surface area contributed by atoms with Gasteiger partial charge in [-0.05, 0) is 37.6 Å². The molecule has 0 radical (unpaired) electrons. The molecule has 1 aromatic carbocycles. The predicted octanol–water partition coefficient (Wildman–Crippen LogP) is 3.82. The van der Waals surface area contributed by atoms with E-state index in [1.165, 1.54) is 11.0 Å². The third kappa shape index (κ3) is 6.02. The molecule has 0 unspecified atom stereocenters. The summed E-state index contributed by atoms with van der Waals surface area (Å²) in [5.41, 5.74) is -0.186. The number of hydrogen-bond acceptors (Lipinski definition) is 2. The van der Waals surface area contributed by atoms with Gasteiger partial charge in [0.1, 0.15) is 0 Å². The lowest BCUT2D eigenvalue weighted by atomic mass is 10.0. The van der Waals surface area contributed by atoms with Crippen LogP contribution in [0, 0.1) is 0 Å². The van der Waals surface area contributed by atoms with Crippen LogP contribution in [-0.4, -0.2) is 36.8 Å². The molecule has 1 aliphatic heterocycles. The van der Waals surface area contributed by atoms with Gasteiger partial charge in [-0.25, -0.2) is 0 Å². The third-order valence-corrected chi connectivity index (χ3v) is 3.84. The zero-order valence-electron chi connectivity index (χ0n) is 12.3. The smallest absolute Gasteiger partial charge is 0.310 e. The van der Waals surface area contributed by atoms with Crippen molar-refractivity contribution in [2.45, 2.75) is 37.8 Å². The number of piperidine rings is 1. The molecule has 0 bridgehead atoms. The fraction of sp³-hybridized carbons (Fsp3) is 0.600. The Morgan fingerprint density at radius 2 is 1.70 bits per heavy atom. The molecule has 1 aromatic rings. The highest BCUT2D eigenvalue weighted by Gasteiger charge is 2.32. The molecule has 2 nitrogen and oxygen atoms in total. The molecule has 8 heteroatoms. The summed E-state index contributed by atoms with van der Waals surface area (Å²) in [6.07, 6.45) is -7.47. The molecule has 1 fully saturated rings. The zero-order valence-corrected chi connectivity index (χ0v) is 12.3. The third-order valence-electron chi connectivity index (χ3n) is 3.84. The van der Waals surface area contributed by atoms with Crippen molar-refractivity contribution in [2.24, 2.45) is 0 Å². The van der Waals surface area contributed by atoms with E-state index in [1.807, 2.05) is 0 Å². The van der Waals surface area contributed by atoms with E-state index < -0.39 is 24.5 Å². The first-order chi connectivity index (χ1) is 10.6. The number of halogens is 6. The van der Waals surface area contributed by atoms with Gasteiger partial charge in [0.2, 0.25) is 0 Å². The van der Waals surface area contributed by atoms with Crippen LogP contribution in [0.5, 0.6) is 0 Å². The van der Waals surface area contributed by atoms with E-state index in [0.29, 0.717) is 31.5 Å². The maximum Gasteiger partial charge on any atom is 0.416 e. The van der Waals surface area contributed by atoms with Crippen LogP contribution in [0.25, 0.3) is 0 Å². The first kappa shape index (κ1) is 18.1. The lowest BCUT2D eigenvalue weighted by Gasteiger charge is -2.32. The van der Waals surface area contributed by atoms with Gasteiger partial charge < -0.3 is 5.32 Å². The molecule has 0 saturated carbocycles. The summed E-state index contributed by atoms with van der Waals surface area (Å²) in [6.45, 7) is 0.0285. The number of hydrogen-bond donors (Lipinski definition) is 1. The molecule has 0 aromatic heterocycles. The Morgan fingerprint density at radius 3 is 2.26 bits per heavy atom. The molecule has 0 atom stereocenters. The van der Waals surface area contributed by atoms with Crippen molar-refractivity contribution in [3.05, 3.63) is 35.4 Å². The summed E-state index contributed by atoms with van der Waals surface area (Å²) in [4.78, 5) is 1.35. The van der Waals surface area contributed by atoms with Crippen LogP contribution >= 0.6 is 0 Å². The second kappa shape index (κ2) is 7.09. The summed E-state index contributed by atoms with van der Waals surface area (Å²) in [7, 11) is 0. The Balaban J connectivity index is 1.80. The highest BCUT2D eigenvalue weighted by molar-refractivity contribution is 5.25. The van der Waals surface area contributed by atoms with Gasteiger partial charge in [0.25, 0.3) is 0 Å². The molecule has 0 aliphatic carbocycles. The first-order valence-corrected chi connectivity index (χ1v) is 7.32. The predicted molar refractivity (Wildman–Crippen MR) is 73.8 cm³/mol. The average molecular weight is 340 g/mol. The van der Waals surface area contributed by atoms with Crippen molar-refractivity contribution >= 4 is 0 Å². The van der Waals surface area contributed by atoms with Gasteiger partial charge in [-0.2, -0.15) is 26.3 Å². The van der Waals surface area contributed by atoms with Crippen LogP contribution in [0.15, 0.2) is 24.3 Å². The van der Waals surface area contributed by atoms with Crippen molar-refractivity contribution in [1.29, 1.82) is 0 Å². The summed E-state index contributed by atoms with van der Waals surface area (Å²) >= 11 is 0. The van der Waals surface area contributed by atoms with Gasteiger partial charge in [0.05, 0.1) is 12.1 Å². The minimum absolute atomic E-state index is 0.0222. The lowest BCUT2D eigenvalue weighted by molar-refractivity contribution is -0.148. The molecule has 1 N–H and O–H groups in total. The second-order valence-electron chi connectivity index (χ2n) is 5.74. The van der Waals surface area contributed by atoms with Gasteiger partial charge in [-0.1, -0.05) is 18.2 Å². The maximum atomic E-state index is 12.6. The Kier molecular flexibility index (Phi) is 5.57. The standard InChI is InChI=1S/C15H18F6N2/c16-14(17,18)10-23-6-4-13(5-7-23)22-9-11-2-1-3-12(8-11)15(19,20)21/h1-3,8,13,22H,4-7,9-10H2. The Hall–Kier alpha value is -1.28. The maximum absolute atomic E-state index is 12.6. The molecular formula is C15H18F6N2. The first-order valence-electron chi connectivity index (χ1n) is 7.32. The monoisotopic (exact) mass is 340 g/mol. The second-order valence-corrected chi connectivity index (χ2v) is 5.74. The molecule has 1 heterocycles. The Labute approximate surface area is 130 Å². The normalized spacial score (nSPS) is 18.3. The zero-order chi connectivity index (χ0) is 17.1. The van der Waals surface area contributed by atoms with E-state index in [2.05, 4.69) is 5.32 Å². The number of alkyl halides is 6. The number of likely N-dealkylation sites (tertiary alicyclic amines) is 1. The van der Waals surface area contributed by atoms with Gasteiger partial charge in [-0.15, -0.1) is 0 Å². The van der Waals surface area contributed by atoms with Crippen LogP contribution in [-0.2, 0) is 12.7 Å². The fourth-order valence-electron chi connectivity index (χ4n) is 2.67. The van der Waals surface area contributed by atoms with Gasteiger partial charge in [0, 0.05) is 12.6 Å². The van der Waals surface area contributed by atoms with Crippen molar-refractivity contribution in [2.75, 3.05) is 19.6 Å². The van der Waals surface area contributed by atoms with Gasteiger partial charge in [0.15, 0.2) is 0 Å². The summed E-state index contributed by atoms with van der Waals surface area (Å²) in [6, 6.07) is 5.08. The molecule has 1 saturated heterocycles. The van der Waals surface area contributed by atoms with E-state index in [9.17, 15) is 26.3 Å². The minimum Gasteiger partial charge on any atom is -0.310 e. The van der Waals surface area contributed by atoms with Crippen LogP contribution in [0.3, 0.4) is 0 Å². The van der Waals surface area contributed by atoms with Crippen LogP contribution in [0.2, 0.25) is 0 Å². The Morgan fingerprint density at radius 1 is 1.04 bits per heavy atom. The lowest BCUT2D eigenvalue weighted by Crippen LogP contribution is -2.45. The minimum atomic E-state index is -4.38. The van der Waals surface area contributed by atoms with E-state index >= 15 is 0 Å². The summed E-state index contributed by atoms with van der Waals surface area (Å²) in [5.74, 6) is 0. The fourth-order valence-corrected chi connectivity index (χ4v) is 2.67. The number of rotatable bonds is 4. The highest BCUT2D eigenvalue weighted by Crippen LogP contribution is 2.29. The van der Waals surface area contributed by atoms with E-state index in [4.69, 9.17) is 0 Å². The molecule has 2 rings (SSSR count). The molecule has 0 amide bonds. The van der Waals surface area contributed by atoms with Crippen molar-refractivity contribution in [3.63, 3.8) is 0 Å². The summed E-state index contributed by atoms with van der Waals surface area (Å²) in [5, 5.41) is 3.12. The molecule has 23 heavy (non-hydrogen) atoms. The number of benzene rings is 1. The van der Waals surface area contributed by atoms with E-state index in [-0.39, 0.29) is 12.6 Å². The van der Waals surface area contributed by atoms with Crippen LogP contribution in [0.4, 0.5) is 26.3 Å². The molecule has 1 aliphatic rings. The summed E-state index contributed by atoms with van der Waals surface area (Å²) < 4.78 is 74.7. The van der Waals surface area contributed by atoms with Gasteiger partial charge >= 0.3 is 12.4 Å². The SMILES string of the molecule is FC(F)(F)CN1CCC(NCc2cccc(C(F)(F)F)c2)CC1. The Bertz CT molecular complexity index is 503. The quantitative estimate of drug-likeness (QED) is 0.839. The van der Waals surface area contributed by atoms with E-state index in [0.717, 1.165) is 12.1 Å². The van der Waals surface area contributed by atoms with Crippen LogP contribution < -0.4 is 5.32 Å². The average Bonchev–Trinajstić information content (AvgIpc) is 2.44. The van der Waals surface area contributed by atoms with E-state index in [1.54, 1.807) is 6.07 Å². The van der Waals surface area contributed by atoms with Crippen molar-refractivity contribution in [1.82, 2.24) is 10.2 Å². The molecule has 130 valence electrons. The molecular weight excluding hydrogens is 322 g/mol. The topological polar surface area (TPSA) is 15.3 Å². The number of nitrogens with zero attached hydrogens (tertiary/aromatic N) is 1. The largest absolute Gasteiger partial charge is 0.416 e. The van der Waals surface area contributed by atoms with Gasteiger partial charge in [-0.3, -0.25) is 4.90 Å². The van der Waals surface area contributed by atoms with Crippen molar-refractivity contribution < 1.29 is 26.3 Å². The van der Waals surface area contributed by atoms with Crippen molar-refractivity contribution in [3.8, 4) is 0 Å².